The highest BCUT2D eigenvalue weighted by Crippen LogP contribution is 2.01. The number of nitrogens with one attached hydrogen (secondary N) is 1. The number of carbonyl (C=O) groups is 2. The fourth-order valence-corrected chi connectivity index (χ4v) is 1.46. The molecule has 0 atom stereocenters. The van der Waals surface area contributed by atoms with Crippen molar-refractivity contribution in [3.8, 4) is 0 Å². The molecular formula is C12H12N4O3. The molecule has 2 aromatic heterocycles. The molecule has 2 aromatic rings. The molecule has 0 fully saturated rings. The fraction of sp³-hybridized carbons (Fsp3) is 0.167. The van der Waals surface area contributed by atoms with Gasteiger partial charge in [-0.2, -0.15) is 5.10 Å². The Balaban J connectivity index is 1.95. The van der Waals surface area contributed by atoms with E-state index in [0.29, 0.717) is 11.3 Å². The Morgan fingerprint density at radius 3 is 2.63 bits per heavy atom. The van der Waals surface area contributed by atoms with Crippen molar-refractivity contribution in [1.82, 2.24) is 20.1 Å². The summed E-state index contributed by atoms with van der Waals surface area (Å²) in [6.07, 6.45) is 3.10. The quantitative estimate of drug-likeness (QED) is 0.831. The second kappa shape index (κ2) is 5.30. The number of hydrogen-bond donors (Lipinski definition) is 2. The van der Waals surface area contributed by atoms with E-state index < -0.39 is 5.97 Å². The molecule has 2 N–H and O–H groups in total. The van der Waals surface area contributed by atoms with E-state index in [4.69, 9.17) is 5.11 Å². The van der Waals surface area contributed by atoms with Crippen LogP contribution in [-0.4, -0.2) is 31.7 Å². The topological polar surface area (TPSA) is 97.1 Å². The normalized spacial score (nSPS) is 10.2. The predicted octanol–water partition coefficient (Wildman–Crippen LogP) is 0.443. The van der Waals surface area contributed by atoms with Crippen molar-refractivity contribution in [3.63, 3.8) is 0 Å². The molecule has 0 spiro atoms. The molecule has 2 heterocycles. The van der Waals surface area contributed by atoms with Crippen molar-refractivity contribution >= 4 is 11.9 Å². The molecule has 7 heteroatoms. The van der Waals surface area contributed by atoms with Crippen molar-refractivity contribution in [3.05, 3.63) is 47.5 Å². The lowest BCUT2D eigenvalue weighted by atomic mass is 10.2. The van der Waals surface area contributed by atoms with E-state index in [1.165, 1.54) is 16.9 Å². The van der Waals surface area contributed by atoms with Gasteiger partial charge in [-0.05, 0) is 17.7 Å². The number of carbonyl (C=O) groups excluding carboxylic acids is 1. The summed E-state index contributed by atoms with van der Waals surface area (Å²) in [5.41, 5.74) is 1.02. The molecule has 0 aliphatic carbocycles. The lowest BCUT2D eigenvalue weighted by Gasteiger charge is -2.03. The van der Waals surface area contributed by atoms with Crippen molar-refractivity contribution in [2.75, 3.05) is 0 Å². The summed E-state index contributed by atoms with van der Waals surface area (Å²) < 4.78 is 1.54. The Morgan fingerprint density at radius 2 is 2.11 bits per heavy atom. The average Bonchev–Trinajstić information content (AvgIpc) is 2.83. The van der Waals surface area contributed by atoms with Gasteiger partial charge in [0.25, 0.3) is 5.91 Å². The number of pyridine rings is 1. The van der Waals surface area contributed by atoms with Gasteiger partial charge >= 0.3 is 5.97 Å². The fourth-order valence-electron chi connectivity index (χ4n) is 1.46. The summed E-state index contributed by atoms with van der Waals surface area (Å²) in [7, 11) is 1.73. The first kappa shape index (κ1) is 12.7. The molecule has 0 saturated heterocycles. The molecule has 0 bridgehead atoms. The van der Waals surface area contributed by atoms with Crippen molar-refractivity contribution in [2.24, 2.45) is 7.05 Å². The summed E-state index contributed by atoms with van der Waals surface area (Å²) in [5.74, 6) is -1.37. The van der Waals surface area contributed by atoms with Crippen LogP contribution in [0.15, 0.2) is 30.6 Å². The van der Waals surface area contributed by atoms with Gasteiger partial charge in [-0.1, -0.05) is 6.07 Å². The van der Waals surface area contributed by atoms with Crippen molar-refractivity contribution in [1.29, 1.82) is 0 Å². The first-order valence-corrected chi connectivity index (χ1v) is 5.52. The van der Waals surface area contributed by atoms with Crippen LogP contribution in [-0.2, 0) is 13.6 Å². The number of aromatic carboxylic acids is 1. The van der Waals surface area contributed by atoms with E-state index >= 15 is 0 Å². The van der Waals surface area contributed by atoms with Gasteiger partial charge in [0.1, 0.15) is 11.4 Å². The lowest BCUT2D eigenvalue weighted by molar-refractivity contribution is 0.0690. The molecule has 0 unspecified atom stereocenters. The van der Waals surface area contributed by atoms with E-state index in [9.17, 15) is 9.59 Å². The number of amides is 1. The Bertz CT molecular complexity index is 604. The molecule has 19 heavy (non-hydrogen) atoms. The summed E-state index contributed by atoms with van der Waals surface area (Å²) >= 11 is 0. The Kier molecular flexibility index (Phi) is 3.56. The maximum Gasteiger partial charge on any atom is 0.354 e. The van der Waals surface area contributed by atoms with E-state index in [-0.39, 0.29) is 18.1 Å². The number of carboxylic acids is 1. The third kappa shape index (κ3) is 3.15. The zero-order valence-corrected chi connectivity index (χ0v) is 10.2. The molecule has 0 radical (unpaired) electrons. The zero-order valence-electron chi connectivity index (χ0n) is 10.2. The predicted molar refractivity (Wildman–Crippen MR) is 65.6 cm³/mol. The zero-order chi connectivity index (χ0) is 13.8. The van der Waals surface area contributed by atoms with E-state index in [1.807, 2.05) is 0 Å². The van der Waals surface area contributed by atoms with Crippen LogP contribution in [0, 0.1) is 0 Å². The summed E-state index contributed by atoms with van der Waals surface area (Å²) in [6, 6.07) is 4.61. The van der Waals surface area contributed by atoms with Gasteiger partial charge in [-0.15, -0.1) is 0 Å². The third-order valence-corrected chi connectivity index (χ3v) is 2.44. The molecule has 0 aliphatic rings. The highest BCUT2D eigenvalue weighted by Gasteiger charge is 2.08. The highest BCUT2D eigenvalue weighted by molar-refractivity contribution is 5.92. The minimum absolute atomic E-state index is 0.0280. The summed E-state index contributed by atoms with van der Waals surface area (Å²) in [6.45, 7) is 0.266. The summed E-state index contributed by atoms with van der Waals surface area (Å²) in [5, 5.41) is 15.3. The third-order valence-electron chi connectivity index (χ3n) is 2.44. The standard InChI is InChI=1S/C12H12N4O3/c1-16-5-4-9(15-16)11(17)14-7-8-2-3-10(12(18)19)13-6-8/h2-6H,7H2,1H3,(H,14,17)(H,18,19). The number of aryl methyl sites for hydroxylation is 1. The van der Waals surface area contributed by atoms with Crippen molar-refractivity contribution in [2.45, 2.75) is 6.54 Å². The monoisotopic (exact) mass is 260 g/mol. The average molecular weight is 260 g/mol. The molecule has 0 saturated carbocycles. The maximum atomic E-state index is 11.7. The van der Waals surface area contributed by atoms with E-state index in [1.54, 1.807) is 25.4 Å². The van der Waals surface area contributed by atoms with Gasteiger partial charge in [0.15, 0.2) is 0 Å². The molecule has 0 aromatic carbocycles. The largest absolute Gasteiger partial charge is 0.477 e. The van der Waals surface area contributed by atoms with Gasteiger partial charge in [-0.25, -0.2) is 9.78 Å². The number of carboxylic acid groups (broad SMARTS) is 1. The van der Waals surface area contributed by atoms with Gasteiger partial charge in [0.2, 0.25) is 0 Å². The molecular weight excluding hydrogens is 248 g/mol. The summed E-state index contributed by atoms with van der Waals surface area (Å²) in [4.78, 5) is 26.1. The maximum absolute atomic E-state index is 11.7. The van der Waals surface area contributed by atoms with E-state index in [2.05, 4.69) is 15.4 Å². The van der Waals surface area contributed by atoms with Crippen LogP contribution in [0.4, 0.5) is 0 Å². The van der Waals surface area contributed by atoms with Crippen molar-refractivity contribution < 1.29 is 14.7 Å². The molecule has 2 rings (SSSR count). The minimum Gasteiger partial charge on any atom is -0.477 e. The van der Waals surface area contributed by atoms with Crippen LogP contribution in [0.5, 0.6) is 0 Å². The molecule has 98 valence electrons. The van der Waals surface area contributed by atoms with Gasteiger partial charge in [0, 0.05) is 26.0 Å². The lowest BCUT2D eigenvalue weighted by Crippen LogP contribution is -2.23. The van der Waals surface area contributed by atoms with Crippen LogP contribution in [0.3, 0.4) is 0 Å². The van der Waals surface area contributed by atoms with Gasteiger partial charge in [-0.3, -0.25) is 9.48 Å². The first-order valence-electron chi connectivity index (χ1n) is 5.52. The first-order chi connectivity index (χ1) is 9.06. The van der Waals surface area contributed by atoms with Crippen LogP contribution in [0.2, 0.25) is 0 Å². The van der Waals surface area contributed by atoms with Crippen LogP contribution in [0.25, 0.3) is 0 Å². The number of hydrogen-bond acceptors (Lipinski definition) is 4. The van der Waals surface area contributed by atoms with Crippen LogP contribution < -0.4 is 5.32 Å². The Morgan fingerprint density at radius 1 is 1.32 bits per heavy atom. The second-order valence-electron chi connectivity index (χ2n) is 3.91. The number of nitrogens with zero attached hydrogens (tertiary/aromatic N) is 3. The number of rotatable bonds is 4. The van der Waals surface area contributed by atoms with Crippen LogP contribution >= 0.6 is 0 Å². The van der Waals surface area contributed by atoms with Gasteiger partial charge < -0.3 is 10.4 Å². The molecule has 7 nitrogen and oxygen atoms in total. The van der Waals surface area contributed by atoms with E-state index in [0.717, 1.165) is 0 Å². The number of aromatic nitrogens is 3. The minimum atomic E-state index is -1.08. The highest BCUT2D eigenvalue weighted by atomic mass is 16.4. The second-order valence-corrected chi connectivity index (χ2v) is 3.91. The molecule has 1 amide bonds. The Labute approximate surface area is 108 Å². The SMILES string of the molecule is Cn1ccc(C(=O)NCc2ccc(C(=O)O)nc2)n1. The smallest absolute Gasteiger partial charge is 0.354 e. The van der Waals surface area contributed by atoms with Gasteiger partial charge in [0.05, 0.1) is 0 Å². The Hall–Kier alpha value is -2.70. The molecule has 0 aliphatic heterocycles. The van der Waals surface area contributed by atoms with Crippen LogP contribution in [0.1, 0.15) is 26.5 Å².